The van der Waals surface area contributed by atoms with Crippen molar-refractivity contribution < 1.29 is 23.9 Å². The number of rotatable bonds is 5. The van der Waals surface area contributed by atoms with Crippen molar-refractivity contribution in [1.82, 2.24) is 4.90 Å². The molecule has 0 spiro atoms. The van der Waals surface area contributed by atoms with E-state index in [0.717, 1.165) is 4.90 Å². The van der Waals surface area contributed by atoms with E-state index in [1.807, 2.05) is 0 Å². The smallest absolute Gasteiger partial charge is 0.332 e. The summed E-state index contributed by atoms with van der Waals surface area (Å²) in [6.45, 7) is 3.56. The molecule has 0 radical (unpaired) electrons. The lowest BCUT2D eigenvalue weighted by Crippen LogP contribution is -2.52. The number of hydrogen-bond donors (Lipinski definition) is 0. The summed E-state index contributed by atoms with van der Waals surface area (Å²) in [5.41, 5.74) is 0.519. The van der Waals surface area contributed by atoms with Crippen molar-refractivity contribution in [2.45, 2.75) is 12.1 Å². The Kier molecular flexibility index (Phi) is 4.18. The van der Waals surface area contributed by atoms with Gasteiger partial charge in [0.25, 0.3) is 11.8 Å². The van der Waals surface area contributed by atoms with Crippen LogP contribution in [0.4, 0.5) is 0 Å². The van der Waals surface area contributed by atoms with Crippen LogP contribution in [0.2, 0.25) is 0 Å². The van der Waals surface area contributed by atoms with Gasteiger partial charge < -0.3 is 9.47 Å². The van der Waals surface area contributed by atoms with E-state index in [2.05, 4.69) is 6.58 Å². The number of esters is 1. The lowest BCUT2D eigenvalue weighted by molar-refractivity contribution is -0.148. The number of nitrogens with zero attached hydrogens (tertiary/aromatic N) is 1. The van der Waals surface area contributed by atoms with Crippen molar-refractivity contribution in [3.05, 3.63) is 48.0 Å². The van der Waals surface area contributed by atoms with E-state index in [1.165, 1.54) is 20.3 Å². The number of hydrogen-bond acceptors (Lipinski definition) is 5. The molecule has 0 bridgehead atoms. The minimum Gasteiger partial charge on any atom is -0.467 e. The Balaban J connectivity index is 2.48. The van der Waals surface area contributed by atoms with Crippen LogP contribution in [0.3, 0.4) is 0 Å². The fraction of sp³-hybridized carbons (Fsp3) is 0.267. The first kappa shape index (κ1) is 14.9. The van der Waals surface area contributed by atoms with E-state index in [-0.39, 0.29) is 11.1 Å². The molecule has 1 aromatic carbocycles. The number of methoxy groups -OCH3 is 2. The van der Waals surface area contributed by atoms with Crippen LogP contribution in [0.15, 0.2) is 36.9 Å². The lowest BCUT2D eigenvalue weighted by atomic mass is 10.1. The second-order valence-electron chi connectivity index (χ2n) is 4.43. The number of carbonyl (C=O) groups excluding carboxylic acids is 3. The Labute approximate surface area is 121 Å². The molecule has 0 unspecified atom stereocenters. The average Bonchev–Trinajstić information content (AvgIpc) is 2.76. The van der Waals surface area contributed by atoms with Crippen molar-refractivity contribution in [3.8, 4) is 0 Å². The maximum Gasteiger partial charge on any atom is 0.332 e. The van der Waals surface area contributed by atoms with Gasteiger partial charge in [-0.2, -0.15) is 0 Å². The molecule has 110 valence electrons. The van der Waals surface area contributed by atoms with E-state index in [4.69, 9.17) is 9.47 Å². The van der Waals surface area contributed by atoms with Gasteiger partial charge in [-0.25, -0.2) is 4.79 Å². The predicted octanol–water partition coefficient (Wildman–Crippen LogP) is 1.03. The van der Waals surface area contributed by atoms with Crippen LogP contribution in [-0.2, 0) is 14.3 Å². The SMILES string of the molecule is C=C[C@H](OC)[C@H](C(=O)OC)N1C(=O)c2ccccc2C1=O. The molecule has 21 heavy (non-hydrogen) atoms. The third-order valence-corrected chi connectivity index (χ3v) is 3.36. The monoisotopic (exact) mass is 289 g/mol. The summed E-state index contributed by atoms with van der Waals surface area (Å²) in [6, 6.07) is 5.19. The highest BCUT2D eigenvalue weighted by molar-refractivity contribution is 6.22. The standard InChI is InChI=1S/C15H15NO5/c1-4-11(20-2)12(15(19)21-3)16-13(17)9-7-5-6-8-10(9)14(16)18/h4-8,11-12H,1H2,2-3H3/t11-,12+/m0/s1. The molecule has 1 aromatic rings. The molecule has 2 rings (SSSR count). The highest BCUT2D eigenvalue weighted by Crippen LogP contribution is 2.26. The first-order chi connectivity index (χ1) is 10.1. The van der Waals surface area contributed by atoms with Gasteiger partial charge in [-0.05, 0) is 12.1 Å². The minimum absolute atomic E-state index is 0.260. The molecule has 6 heteroatoms. The quantitative estimate of drug-likeness (QED) is 0.460. The van der Waals surface area contributed by atoms with Crippen molar-refractivity contribution in [2.24, 2.45) is 0 Å². The molecule has 0 aromatic heterocycles. The molecule has 1 aliphatic heterocycles. The van der Waals surface area contributed by atoms with E-state index >= 15 is 0 Å². The molecule has 0 fully saturated rings. The Hall–Kier alpha value is -2.47. The van der Waals surface area contributed by atoms with Crippen LogP contribution >= 0.6 is 0 Å². The highest BCUT2D eigenvalue weighted by atomic mass is 16.5. The van der Waals surface area contributed by atoms with Gasteiger partial charge in [-0.15, -0.1) is 6.58 Å². The highest BCUT2D eigenvalue weighted by Gasteiger charge is 2.46. The van der Waals surface area contributed by atoms with Crippen LogP contribution in [0.25, 0.3) is 0 Å². The Morgan fingerprint density at radius 3 is 2.10 bits per heavy atom. The zero-order valence-corrected chi connectivity index (χ0v) is 11.7. The topological polar surface area (TPSA) is 72.9 Å². The fourth-order valence-corrected chi connectivity index (χ4v) is 2.32. The molecule has 0 N–H and O–H groups in total. The summed E-state index contributed by atoms with van der Waals surface area (Å²) in [5.74, 6) is -1.83. The summed E-state index contributed by atoms with van der Waals surface area (Å²) in [6.07, 6.45) is 0.505. The van der Waals surface area contributed by atoms with Crippen LogP contribution in [0.1, 0.15) is 20.7 Å². The lowest BCUT2D eigenvalue weighted by Gasteiger charge is -2.28. The van der Waals surface area contributed by atoms with Gasteiger partial charge in [0.15, 0.2) is 6.04 Å². The molecule has 0 aliphatic carbocycles. The minimum atomic E-state index is -1.20. The van der Waals surface area contributed by atoms with Gasteiger partial charge in [0.2, 0.25) is 0 Å². The molecule has 1 aliphatic rings. The second kappa shape index (κ2) is 5.88. The summed E-state index contributed by atoms with van der Waals surface area (Å²) in [4.78, 5) is 37.7. The van der Waals surface area contributed by atoms with Crippen molar-refractivity contribution in [2.75, 3.05) is 14.2 Å². The van der Waals surface area contributed by atoms with Gasteiger partial charge in [-0.3, -0.25) is 14.5 Å². The van der Waals surface area contributed by atoms with Gasteiger partial charge in [0.05, 0.1) is 18.2 Å². The number of ether oxygens (including phenoxy) is 2. The second-order valence-corrected chi connectivity index (χ2v) is 4.43. The summed E-state index contributed by atoms with van der Waals surface area (Å²) < 4.78 is 9.82. The van der Waals surface area contributed by atoms with E-state index < -0.39 is 29.9 Å². The molecule has 2 amide bonds. The largest absolute Gasteiger partial charge is 0.467 e. The molecule has 0 saturated heterocycles. The third kappa shape index (κ3) is 2.34. The van der Waals surface area contributed by atoms with Gasteiger partial charge in [0.1, 0.15) is 6.10 Å². The summed E-state index contributed by atoms with van der Waals surface area (Å²) in [7, 11) is 2.55. The van der Waals surface area contributed by atoms with Crippen molar-refractivity contribution in [1.29, 1.82) is 0 Å². The van der Waals surface area contributed by atoms with E-state index in [0.29, 0.717) is 0 Å². The molecule has 0 saturated carbocycles. The first-order valence-corrected chi connectivity index (χ1v) is 6.27. The van der Waals surface area contributed by atoms with Crippen LogP contribution in [0.5, 0.6) is 0 Å². The van der Waals surface area contributed by atoms with Gasteiger partial charge in [0, 0.05) is 7.11 Å². The Morgan fingerprint density at radius 1 is 1.19 bits per heavy atom. The van der Waals surface area contributed by atoms with Crippen molar-refractivity contribution >= 4 is 17.8 Å². The zero-order valence-electron chi connectivity index (χ0n) is 11.7. The van der Waals surface area contributed by atoms with Crippen LogP contribution in [-0.4, -0.2) is 49.0 Å². The zero-order chi connectivity index (χ0) is 15.6. The van der Waals surface area contributed by atoms with E-state index in [9.17, 15) is 14.4 Å². The number of imide groups is 1. The maximum absolute atomic E-state index is 12.4. The molecule has 1 heterocycles. The number of benzene rings is 1. The van der Waals surface area contributed by atoms with Gasteiger partial charge in [-0.1, -0.05) is 18.2 Å². The Bertz CT molecular complexity index is 575. The molecule has 6 nitrogen and oxygen atoms in total. The number of fused-ring (bicyclic) bond motifs is 1. The van der Waals surface area contributed by atoms with Crippen LogP contribution < -0.4 is 0 Å². The van der Waals surface area contributed by atoms with E-state index in [1.54, 1.807) is 24.3 Å². The third-order valence-electron chi connectivity index (χ3n) is 3.36. The Morgan fingerprint density at radius 2 is 1.71 bits per heavy atom. The normalized spacial score (nSPS) is 16.4. The van der Waals surface area contributed by atoms with Crippen LogP contribution in [0, 0.1) is 0 Å². The number of amides is 2. The van der Waals surface area contributed by atoms with Crippen molar-refractivity contribution in [3.63, 3.8) is 0 Å². The predicted molar refractivity (Wildman–Crippen MR) is 73.7 cm³/mol. The fourth-order valence-electron chi connectivity index (χ4n) is 2.32. The maximum atomic E-state index is 12.4. The average molecular weight is 289 g/mol. The molecular weight excluding hydrogens is 274 g/mol. The molecular formula is C15H15NO5. The molecule has 2 atom stereocenters. The first-order valence-electron chi connectivity index (χ1n) is 6.27. The number of carbonyl (C=O) groups is 3. The van der Waals surface area contributed by atoms with Gasteiger partial charge >= 0.3 is 5.97 Å². The summed E-state index contributed by atoms with van der Waals surface area (Å²) >= 11 is 0. The summed E-state index contributed by atoms with van der Waals surface area (Å²) in [5, 5.41) is 0.